The Morgan fingerprint density at radius 1 is 1.77 bits per heavy atom. The van der Waals surface area contributed by atoms with Crippen molar-refractivity contribution in [3.8, 4) is 12.3 Å². The molecule has 0 fully saturated rings. The van der Waals surface area contributed by atoms with Crippen molar-refractivity contribution < 1.29 is 4.84 Å². The molecule has 0 saturated heterocycles. The van der Waals surface area contributed by atoms with E-state index in [1.165, 1.54) is 0 Å². The van der Waals surface area contributed by atoms with Crippen LogP contribution in [0.15, 0.2) is 23.4 Å². The zero-order chi connectivity index (χ0) is 9.52. The Balaban J connectivity index is 2.54. The van der Waals surface area contributed by atoms with Crippen LogP contribution in [-0.4, -0.2) is 12.8 Å². The molecule has 0 aromatic heterocycles. The number of nitrogens with zero attached hydrogens (tertiary/aromatic N) is 1. The Labute approximate surface area is 78.2 Å². The molecule has 0 N–H and O–H groups in total. The minimum atomic E-state index is 0.203. The monoisotopic (exact) mass is 172 g/mol. The molecular weight excluding hydrogens is 162 g/mol. The predicted molar refractivity (Wildman–Crippen MR) is 52.4 cm³/mol. The molecule has 0 atom stereocenters. The van der Waals surface area contributed by atoms with Gasteiger partial charge in [-0.2, -0.15) is 0 Å². The van der Waals surface area contributed by atoms with Gasteiger partial charge in [-0.3, -0.25) is 0 Å². The lowest BCUT2D eigenvalue weighted by molar-refractivity contribution is 0.181. The van der Waals surface area contributed by atoms with Crippen LogP contribution in [0.5, 0.6) is 0 Å². The molecule has 1 aromatic carbocycles. The van der Waals surface area contributed by atoms with Gasteiger partial charge in [-0.05, 0) is 30.2 Å². The van der Waals surface area contributed by atoms with Gasteiger partial charge >= 0.3 is 0 Å². The first kappa shape index (κ1) is 9.34. The largest absolute Gasteiger partial charge is 0.383 e. The van der Waals surface area contributed by atoms with E-state index >= 15 is 0 Å². The first-order valence-electron chi connectivity index (χ1n) is 3.90. The van der Waals surface area contributed by atoms with E-state index in [1.807, 2.05) is 25.1 Å². The van der Waals surface area contributed by atoms with E-state index in [4.69, 9.17) is 11.3 Å². The molecule has 2 nitrogen and oxygen atoms in total. The van der Waals surface area contributed by atoms with Gasteiger partial charge < -0.3 is 4.84 Å². The molecule has 1 radical (unpaired) electrons. The third kappa shape index (κ3) is 3.44. The van der Waals surface area contributed by atoms with Gasteiger partial charge in [0.25, 0.3) is 0 Å². The summed E-state index contributed by atoms with van der Waals surface area (Å²) in [5.74, 6) is 2.32. The smallest absolute Gasteiger partial charge is 0.177 e. The summed E-state index contributed by atoms with van der Waals surface area (Å²) in [5, 5.41) is 3.69. The molecular formula is C11H10NO. The average molecular weight is 172 g/mol. The SMILES string of the molecule is C#CCON=Cc1cc[c]c(C)c1. The Kier molecular flexibility index (Phi) is 3.59. The van der Waals surface area contributed by atoms with Crippen LogP contribution in [0.4, 0.5) is 0 Å². The summed E-state index contributed by atoms with van der Waals surface area (Å²) in [4.78, 5) is 4.75. The lowest BCUT2D eigenvalue weighted by atomic mass is 10.2. The summed E-state index contributed by atoms with van der Waals surface area (Å²) in [5.41, 5.74) is 2.05. The molecule has 1 rings (SSSR count). The van der Waals surface area contributed by atoms with Gasteiger partial charge in [0, 0.05) is 0 Å². The number of benzene rings is 1. The fourth-order valence-corrected chi connectivity index (χ4v) is 0.862. The lowest BCUT2D eigenvalue weighted by Gasteiger charge is -1.94. The van der Waals surface area contributed by atoms with Crippen LogP contribution in [0.3, 0.4) is 0 Å². The van der Waals surface area contributed by atoms with Crippen molar-refractivity contribution in [3.05, 3.63) is 35.4 Å². The highest BCUT2D eigenvalue weighted by molar-refractivity contribution is 5.79. The quantitative estimate of drug-likeness (QED) is 0.295. The summed E-state index contributed by atoms with van der Waals surface area (Å²) >= 11 is 0. The van der Waals surface area contributed by atoms with E-state index in [1.54, 1.807) is 6.21 Å². The average Bonchev–Trinajstić information content (AvgIpc) is 2.13. The maximum Gasteiger partial charge on any atom is 0.177 e. The topological polar surface area (TPSA) is 21.6 Å². The molecule has 0 heterocycles. The third-order valence-corrected chi connectivity index (χ3v) is 1.39. The van der Waals surface area contributed by atoms with E-state index in [0.717, 1.165) is 11.1 Å². The molecule has 0 spiro atoms. The van der Waals surface area contributed by atoms with E-state index in [0.29, 0.717) is 0 Å². The second kappa shape index (κ2) is 5.00. The van der Waals surface area contributed by atoms with Gasteiger partial charge in [0.2, 0.25) is 0 Å². The van der Waals surface area contributed by atoms with Gasteiger partial charge in [-0.1, -0.05) is 23.2 Å². The zero-order valence-electron chi connectivity index (χ0n) is 7.45. The summed E-state index contributed by atoms with van der Waals surface area (Å²) in [6.45, 7) is 2.17. The van der Waals surface area contributed by atoms with E-state index < -0.39 is 0 Å². The van der Waals surface area contributed by atoms with E-state index in [9.17, 15) is 0 Å². The molecule has 1 aromatic rings. The van der Waals surface area contributed by atoms with Crippen molar-refractivity contribution in [2.45, 2.75) is 6.92 Å². The first-order chi connectivity index (χ1) is 6.33. The van der Waals surface area contributed by atoms with Crippen LogP contribution < -0.4 is 0 Å². The third-order valence-electron chi connectivity index (χ3n) is 1.39. The van der Waals surface area contributed by atoms with Crippen LogP contribution in [0.1, 0.15) is 11.1 Å². The maximum absolute atomic E-state index is 4.98. The molecule has 0 bridgehead atoms. The molecule has 0 aliphatic heterocycles. The minimum Gasteiger partial charge on any atom is -0.383 e. The zero-order valence-corrected chi connectivity index (χ0v) is 7.45. The van der Waals surface area contributed by atoms with Crippen molar-refractivity contribution in [1.82, 2.24) is 0 Å². The van der Waals surface area contributed by atoms with Gasteiger partial charge in [-0.15, -0.1) is 6.42 Å². The maximum atomic E-state index is 4.98. The van der Waals surface area contributed by atoms with Crippen LogP contribution in [-0.2, 0) is 4.84 Å². The van der Waals surface area contributed by atoms with Gasteiger partial charge in [-0.25, -0.2) is 0 Å². The predicted octanol–water partition coefficient (Wildman–Crippen LogP) is 1.78. The van der Waals surface area contributed by atoms with Crippen molar-refractivity contribution >= 4 is 6.21 Å². The molecule has 0 unspecified atom stereocenters. The van der Waals surface area contributed by atoms with E-state index in [-0.39, 0.29) is 6.61 Å². The molecule has 2 heteroatoms. The molecule has 0 saturated carbocycles. The van der Waals surface area contributed by atoms with Gasteiger partial charge in [0.05, 0.1) is 6.21 Å². The van der Waals surface area contributed by atoms with Crippen molar-refractivity contribution in [2.24, 2.45) is 5.16 Å². The lowest BCUT2D eigenvalue weighted by Crippen LogP contribution is -1.86. The van der Waals surface area contributed by atoms with E-state index in [2.05, 4.69) is 17.1 Å². The Morgan fingerprint density at radius 3 is 3.31 bits per heavy atom. The highest BCUT2D eigenvalue weighted by Gasteiger charge is 1.87. The number of terminal acetylenes is 1. The molecule has 0 aliphatic rings. The number of aryl methyl sites for hydroxylation is 1. The fourth-order valence-electron chi connectivity index (χ4n) is 0.862. The number of oxime groups is 1. The standard InChI is InChI=1S/C11H10NO/c1-3-7-13-12-9-11-6-4-5-10(2)8-11/h1,4,6,8-9H,7H2,2H3. The van der Waals surface area contributed by atoms with Crippen LogP contribution in [0.2, 0.25) is 0 Å². The molecule has 65 valence electrons. The van der Waals surface area contributed by atoms with Gasteiger partial charge in [0.1, 0.15) is 0 Å². The summed E-state index contributed by atoms with van der Waals surface area (Å²) in [6.07, 6.45) is 6.60. The first-order valence-corrected chi connectivity index (χ1v) is 3.90. The Morgan fingerprint density at radius 2 is 2.62 bits per heavy atom. The highest BCUT2D eigenvalue weighted by Crippen LogP contribution is 1.99. The fraction of sp³-hybridized carbons (Fsp3) is 0.182. The summed E-state index contributed by atoms with van der Waals surface area (Å²) in [7, 11) is 0. The second-order valence-corrected chi connectivity index (χ2v) is 2.52. The minimum absolute atomic E-state index is 0.203. The van der Waals surface area contributed by atoms with Crippen molar-refractivity contribution in [3.63, 3.8) is 0 Å². The Bertz CT molecular complexity index is 336. The number of rotatable bonds is 3. The normalized spacial score (nSPS) is 9.85. The highest BCUT2D eigenvalue weighted by atomic mass is 16.6. The van der Waals surface area contributed by atoms with Gasteiger partial charge in [0.15, 0.2) is 6.61 Å². The van der Waals surface area contributed by atoms with Crippen molar-refractivity contribution in [2.75, 3.05) is 6.61 Å². The molecule has 13 heavy (non-hydrogen) atoms. The van der Waals surface area contributed by atoms with Crippen LogP contribution in [0, 0.1) is 25.3 Å². The summed E-state index contributed by atoms with van der Waals surface area (Å²) < 4.78 is 0. The second-order valence-electron chi connectivity index (χ2n) is 2.52. The molecule has 0 amide bonds. The molecule has 0 aliphatic carbocycles. The van der Waals surface area contributed by atoms with Crippen molar-refractivity contribution in [1.29, 1.82) is 0 Å². The Hall–Kier alpha value is -1.75. The van der Waals surface area contributed by atoms with Crippen LogP contribution in [0.25, 0.3) is 0 Å². The summed E-state index contributed by atoms with van der Waals surface area (Å²) in [6, 6.07) is 8.74. The van der Waals surface area contributed by atoms with Crippen LogP contribution >= 0.6 is 0 Å². The number of hydrogen-bond donors (Lipinski definition) is 0. The number of hydrogen-bond acceptors (Lipinski definition) is 2.